The van der Waals surface area contributed by atoms with E-state index in [1.165, 1.54) is 12.1 Å². The van der Waals surface area contributed by atoms with Gasteiger partial charge in [-0.15, -0.1) is 8.78 Å². The van der Waals surface area contributed by atoms with Crippen molar-refractivity contribution in [2.45, 2.75) is 51.2 Å². The Morgan fingerprint density at radius 2 is 2.00 bits per heavy atom. The summed E-state index contributed by atoms with van der Waals surface area (Å²) >= 11 is 0. The number of hydrogen-bond acceptors (Lipinski definition) is 5. The molecule has 136 valence electrons. The van der Waals surface area contributed by atoms with Gasteiger partial charge in [-0.25, -0.2) is 0 Å². The molecule has 0 saturated carbocycles. The van der Waals surface area contributed by atoms with E-state index in [1.807, 2.05) is 0 Å². The highest BCUT2D eigenvalue weighted by molar-refractivity contribution is 5.90. The van der Waals surface area contributed by atoms with E-state index in [4.69, 9.17) is 0 Å². The lowest BCUT2D eigenvalue weighted by atomic mass is 9.93. The standard InChI is InChI=1S/C16H19F2N3O4/c1-8-19-10(7-13(22)20-8)14(23)21-15(2,3)9-4-5-11-12(6-9)25-16(17,18)24-11/h4-6,8,10,19H,7H2,1-3H3,(H,20,22)(H,21,23). The summed E-state index contributed by atoms with van der Waals surface area (Å²) in [6.07, 6.45) is -3.98. The first kappa shape index (κ1) is 17.4. The molecule has 0 aliphatic carbocycles. The molecule has 2 unspecified atom stereocenters. The topological polar surface area (TPSA) is 88.7 Å². The fourth-order valence-corrected chi connectivity index (χ4v) is 2.86. The molecule has 2 heterocycles. The second-order valence-corrected chi connectivity index (χ2v) is 6.66. The minimum atomic E-state index is -3.69. The van der Waals surface area contributed by atoms with E-state index in [9.17, 15) is 18.4 Å². The number of alkyl halides is 2. The Bertz CT molecular complexity index is 723. The molecule has 2 atom stereocenters. The van der Waals surface area contributed by atoms with Crippen molar-refractivity contribution in [3.8, 4) is 11.5 Å². The average molecular weight is 355 g/mol. The van der Waals surface area contributed by atoms with Crippen LogP contribution in [0.3, 0.4) is 0 Å². The maximum Gasteiger partial charge on any atom is 0.586 e. The summed E-state index contributed by atoms with van der Waals surface area (Å²) in [6, 6.07) is 3.68. The fourth-order valence-electron chi connectivity index (χ4n) is 2.86. The van der Waals surface area contributed by atoms with Crippen molar-refractivity contribution < 1.29 is 27.8 Å². The van der Waals surface area contributed by atoms with Crippen LogP contribution in [0, 0.1) is 0 Å². The molecule has 1 saturated heterocycles. The third-order valence-corrected chi connectivity index (χ3v) is 4.09. The van der Waals surface area contributed by atoms with Gasteiger partial charge in [0.25, 0.3) is 0 Å². The first-order chi connectivity index (χ1) is 11.6. The van der Waals surface area contributed by atoms with Gasteiger partial charge in [0.2, 0.25) is 11.8 Å². The zero-order chi connectivity index (χ0) is 18.4. The van der Waals surface area contributed by atoms with Crippen LogP contribution in [0.15, 0.2) is 18.2 Å². The number of benzene rings is 1. The van der Waals surface area contributed by atoms with Crippen LogP contribution in [0.1, 0.15) is 32.8 Å². The Labute approximate surface area is 143 Å². The lowest BCUT2D eigenvalue weighted by Crippen LogP contribution is -2.61. The summed E-state index contributed by atoms with van der Waals surface area (Å²) in [7, 11) is 0. The number of carbonyl (C=O) groups is 2. The van der Waals surface area contributed by atoms with E-state index >= 15 is 0 Å². The first-order valence-corrected chi connectivity index (χ1v) is 7.83. The second-order valence-electron chi connectivity index (χ2n) is 6.66. The van der Waals surface area contributed by atoms with E-state index in [0.717, 1.165) is 0 Å². The summed E-state index contributed by atoms with van der Waals surface area (Å²) in [6.45, 7) is 5.19. The van der Waals surface area contributed by atoms with E-state index in [0.29, 0.717) is 5.56 Å². The van der Waals surface area contributed by atoms with E-state index in [2.05, 4.69) is 25.4 Å². The van der Waals surface area contributed by atoms with Gasteiger partial charge in [-0.1, -0.05) is 6.07 Å². The van der Waals surface area contributed by atoms with Crippen LogP contribution in [0.4, 0.5) is 8.78 Å². The minimum absolute atomic E-state index is 0.0274. The highest BCUT2D eigenvalue weighted by Crippen LogP contribution is 2.42. The second kappa shape index (κ2) is 5.83. The van der Waals surface area contributed by atoms with E-state index < -0.39 is 17.9 Å². The van der Waals surface area contributed by atoms with Crippen molar-refractivity contribution in [2.24, 2.45) is 0 Å². The molecule has 2 amide bonds. The summed E-state index contributed by atoms with van der Waals surface area (Å²) in [5, 5.41) is 8.48. The predicted molar refractivity (Wildman–Crippen MR) is 83.0 cm³/mol. The highest BCUT2D eigenvalue weighted by atomic mass is 19.3. The number of rotatable bonds is 3. The van der Waals surface area contributed by atoms with Gasteiger partial charge in [0.1, 0.15) is 0 Å². The Morgan fingerprint density at radius 1 is 1.32 bits per heavy atom. The van der Waals surface area contributed by atoms with Gasteiger partial charge in [-0.2, -0.15) is 0 Å². The molecule has 2 aliphatic heterocycles. The fraction of sp³-hybridized carbons (Fsp3) is 0.500. The Morgan fingerprint density at radius 3 is 2.68 bits per heavy atom. The zero-order valence-corrected chi connectivity index (χ0v) is 14.0. The third-order valence-electron chi connectivity index (χ3n) is 4.09. The molecule has 1 aromatic rings. The van der Waals surface area contributed by atoms with E-state index in [-0.39, 0.29) is 35.9 Å². The number of hydrogen-bond donors (Lipinski definition) is 3. The van der Waals surface area contributed by atoms with Crippen LogP contribution >= 0.6 is 0 Å². The van der Waals surface area contributed by atoms with Crippen LogP contribution in [-0.2, 0) is 15.1 Å². The number of nitrogens with one attached hydrogen (secondary N) is 3. The molecule has 0 bridgehead atoms. The van der Waals surface area contributed by atoms with Crippen LogP contribution in [0.25, 0.3) is 0 Å². The van der Waals surface area contributed by atoms with Gasteiger partial charge in [0, 0.05) is 0 Å². The molecule has 3 rings (SSSR count). The molecule has 25 heavy (non-hydrogen) atoms. The number of halogens is 2. The van der Waals surface area contributed by atoms with Gasteiger partial charge >= 0.3 is 6.29 Å². The molecular formula is C16H19F2N3O4. The summed E-state index contributed by atoms with van der Waals surface area (Å²) in [5.74, 6) is -0.715. The Kier molecular flexibility index (Phi) is 4.06. The van der Waals surface area contributed by atoms with Crippen molar-refractivity contribution in [1.29, 1.82) is 0 Å². The van der Waals surface area contributed by atoms with Crippen molar-refractivity contribution in [1.82, 2.24) is 16.0 Å². The predicted octanol–water partition coefficient (Wildman–Crippen LogP) is 1.18. The highest BCUT2D eigenvalue weighted by Gasteiger charge is 2.44. The van der Waals surface area contributed by atoms with Crippen molar-refractivity contribution in [2.75, 3.05) is 0 Å². The molecule has 0 spiro atoms. The molecule has 1 aromatic carbocycles. The lowest BCUT2D eigenvalue weighted by molar-refractivity contribution is -0.286. The van der Waals surface area contributed by atoms with E-state index in [1.54, 1.807) is 26.8 Å². The SMILES string of the molecule is CC1NC(=O)CC(C(=O)NC(C)(C)c2ccc3c(c2)OC(F)(F)O3)N1. The van der Waals surface area contributed by atoms with Gasteiger partial charge in [0.15, 0.2) is 11.5 Å². The number of ether oxygens (including phenoxy) is 2. The average Bonchev–Trinajstić information content (AvgIpc) is 2.78. The third kappa shape index (κ3) is 3.65. The molecule has 0 radical (unpaired) electrons. The Balaban J connectivity index is 1.74. The van der Waals surface area contributed by atoms with Crippen molar-refractivity contribution >= 4 is 11.8 Å². The summed E-state index contributed by atoms with van der Waals surface area (Å²) in [5.41, 5.74) is -0.305. The smallest absolute Gasteiger partial charge is 0.395 e. The van der Waals surface area contributed by atoms with Crippen LogP contribution in [-0.4, -0.2) is 30.3 Å². The van der Waals surface area contributed by atoms with Gasteiger partial charge in [-0.05, 0) is 38.5 Å². The summed E-state index contributed by atoms with van der Waals surface area (Å²) in [4.78, 5) is 24.1. The van der Waals surface area contributed by atoms with Crippen molar-refractivity contribution in [3.63, 3.8) is 0 Å². The molecule has 3 N–H and O–H groups in total. The quantitative estimate of drug-likeness (QED) is 0.758. The molecule has 0 aromatic heterocycles. The monoisotopic (exact) mass is 355 g/mol. The van der Waals surface area contributed by atoms with Gasteiger partial charge < -0.3 is 20.1 Å². The number of fused-ring (bicyclic) bond motifs is 1. The molecule has 1 fully saturated rings. The molecule has 9 heteroatoms. The molecule has 7 nitrogen and oxygen atoms in total. The number of carbonyl (C=O) groups excluding carboxylic acids is 2. The van der Waals surface area contributed by atoms with Crippen LogP contribution < -0.4 is 25.4 Å². The normalized spacial score (nSPS) is 24.6. The molecule has 2 aliphatic rings. The van der Waals surface area contributed by atoms with Crippen molar-refractivity contribution in [3.05, 3.63) is 23.8 Å². The zero-order valence-electron chi connectivity index (χ0n) is 14.0. The maximum atomic E-state index is 13.1. The Hall–Kier alpha value is -2.42. The van der Waals surface area contributed by atoms with Gasteiger partial charge in [0.05, 0.1) is 24.2 Å². The minimum Gasteiger partial charge on any atom is -0.395 e. The maximum absolute atomic E-state index is 13.1. The van der Waals surface area contributed by atoms with Crippen LogP contribution in [0.2, 0.25) is 0 Å². The summed E-state index contributed by atoms with van der Waals surface area (Å²) < 4.78 is 35.1. The lowest BCUT2D eigenvalue weighted by Gasteiger charge is -2.33. The largest absolute Gasteiger partial charge is 0.586 e. The van der Waals surface area contributed by atoms with Gasteiger partial charge in [-0.3, -0.25) is 14.9 Å². The molecular weight excluding hydrogens is 336 g/mol. The van der Waals surface area contributed by atoms with Crippen LogP contribution in [0.5, 0.6) is 11.5 Å². The first-order valence-electron chi connectivity index (χ1n) is 7.83. The number of amides is 2.